The van der Waals surface area contributed by atoms with E-state index in [4.69, 9.17) is 0 Å². The van der Waals surface area contributed by atoms with Crippen molar-refractivity contribution in [3.8, 4) is 0 Å². The van der Waals surface area contributed by atoms with Crippen LogP contribution in [-0.4, -0.2) is 5.91 Å². The Morgan fingerprint density at radius 2 is 1.50 bits per heavy atom. The highest BCUT2D eigenvalue weighted by molar-refractivity contribution is 5.95. The lowest BCUT2D eigenvalue weighted by atomic mass is 9.67. The van der Waals surface area contributed by atoms with Gasteiger partial charge < -0.3 is 5.32 Å². The molecule has 1 aliphatic heterocycles. The van der Waals surface area contributed by atoms with Gasteiger partial charge in [0, 0.05) is 0 Å². The van der Waals surface area contributed by atoms with Crippen LogP contribution in [0.15, 0.2) is 60.7 Å². The molecule has 0 spiro atoms. The fourth-order valence-electron chi connectivity index (χ4n) is 2.62. The average Bonchev–Trinajstić information content (AvgIpc) is 2.45. The van der Waals surface area contributed by atoms with Crippen molar-refractivity contribution in [1.29, 1.82) is 0 Å². The standard InChI is InChI=1S/C16H15NO/c1-16(13-10-6-3-7-11-13)14(17-15(16)18)12-8-4-2-5-9-12/h2-11,14H,1H3,(H,17,18)/t14-,16+/m1/s1. The molecule has 2 atom stereocenters. The molecular formula is C16H15NO. The monoisotopic (exact) mass is 237 g/mol. The molecule has 1 amide bonds. The van der Waals surface area contributed by atoms with Gasteiger partial charge in [-0.05, 0) is 18.1 Å². The summed E-state index contributed by atoms with van der Waals surface area (Å²) >= 11 is 0. The Morgan fingerprint density at radius 1 is 0.944 bits per heavy atom. The number of rotatable bonds is 2. The van der Waals surface area contributed by atoms with Crippen molar-refractivity contribution in [3.63, 3.8) is 0 Å². The van der Waals surface area contributed by atoms with Gasteiger partial charge >= 0.3 is 0 Å². The summed E-state index contributed by atoms with van der Waals surface area (Å²) in [5.74, 6) is 0.0996. The fourth-order valence-corrected chi connectivity index (χ4v) is 2.62. The Kier molecular flexibility index (Phi) is 2.44. The Morgan fingerprint density at radius 3 is 2.06 bits per heavy atom. The highest BCUT2D eigenvalue weighted by Gasteiger charge is 2.52. The predicted molar refractivity (Wildman–Crippen MR) is 71.1 cm³/mol. The zero-order valence-corrected chi connectivity index (χ0v) is 10.3. The van der Waals surface area contributed by atoms with Crippen LogP contribution in [0.2, 0.25) is 0 Å². The van der Waals surface area contributed by atoms with Gasteiger partial charge in [-0.25, -0.2) is 0 Å². The molecule has 2 nitrogen and oxygen atoms in total. The highest BCUT2D eigenvalue weighted by Crippen LogP contribution is 2.44. The Balaban J connectivity index is 2.02. The van der Waals surface area contributed by atoms with E-state index in [0.29, 0.717) is 0 Å². The molecule has 3 rings (SSSR count). The lowest BCUT2D eigenvalue weighted by molar-refractivity contribution is -0.137. The third-order valence-corrected chi connectivity index (χ3v) is 3.83. The zero-order valence-electron chi connectivity index (χ0n) is 10.3. The lowest BCUT2D eigenvalue weighted by Crippen LogP contribution is -2.62. The second-order valence-electron chi connectivity index (χ2n) is 4.89. The minimum absolute atomic E-state index is 0.0635. The third kappa shape index (κ3) is 1.46. The highest BCUT2D eigenvalue weighted by atomic mass is 16.2. The molecule has 0 aliphatic carbocycles. The van der Waals surface area contributed by atoms with Crippen molar-refractivity contribution in [2.75, 3.05) is 0 Å². The number of benzene rings is 2. The van der Waals surface area contributed by atoms with Crippen molar-refractivity contribution in [2.45, 2.75) is 18.4 Å². The first-order valence-electron chi connectivity index (χ1n) is 6.14. The molecule has 0 aromatic heterocycles. The molecule has 18 heavy (non-hydrogen) atoms. The Bertz CT molecular complexity index is 564. The number of hydrogen-bond acceptors (Lipinski definition) is 1. The van der Waals surface area contributed by atoms with Gasteiger partial charge in [0.1, 0.15) is 0 Å². The molecule has 1 heterocycles. The van der Waals surface area contributed by atoms with Crippen molar-refractivity contribution >= 4 is 5.91 Å². The first-order chi connectivity index (χ1) is 8.73. The molecule has 2 aromatic carbocycles. The Hall–Kier alpha value is -2.09. The molecule has 2 heteroatoms. The first kappa shape index (κ1) is 11.0. The van der Waals surface area contributed by atoms with Gasteiger partial charge in [0.2, 0.25) is 5.91 Å². The van der Waals surface area contributed by atoms with Gasteiger partial charge in [-0.3, -0.25) is 4.79 Å². The van der Waals surface area contributed by atoms with E-state index in [2.05, 4.69) is 17.4 Å². The van der Waals surface area contributed by atoms with Gasteiger partial charge in [-0.1, -0.05) is 60.7 Å². The largest absolute Gasteiger partial charge is 0.347 e. The van der Waals surface area contributed by atoms with Crippen LogP contribution in [0.4, 0.5) is 0 Å². The van der Waals surface area contributed by atoms with Crippen molar-refractivity contribution in [3.05, 3.63) is 71.8 Å². The van der Waals surface area contributed by atoms with Crippen LogP contribution in [0.1, 0.15) is 24.1 Å². The molecule has 0 bridgehead atoms. The number of amides is 1. The van der Waals surface area contributed by atoms with E-state index in [1.165, 1.54) is 0 Å². The summed E-state index contributed by atoms with van der Waals surface area (Å²) in [5, 5.41) is 3.01. The van der Waals surface area contributed by atoms with Gasteiger partial charge in [0.05, 0.1) is 11.5 Å². The van der Waals surface area contributed by atoms with Crippen LogP contribution in [0.25, 0.3) is 0 Å². The van der Waals surface area contributed by atoms with Gasteiger partial charge in [0.25, 0.3) is 0 Å². The molecule has 1 aliphatic rings. The summed E-state index contributed by atoms with van der Waals surface area (Å²) in [4.78, 5) is 12.0. The smallest absolute Gasteiger partial charge is 0.233 e. The maximum Gasteiger partial charge on any atom is 0.233 e. The minimum Gasteiger partial charge on any atom is -0.347 e. The van der Waals surface area contributed by atoms with Crippen LogP contribution in [0.5, 0.6) is 0 Å². The first-order valence-corrected chi connectivity index (χ1v) is 6.14. The second kappa shape index (κ2) is 3.98. The molecule has 0 unspecified atom stereocenters. The van der Waals surface area contributed by atoms with Crippen LogP contribution >= 0.6 is 0 Å². The van der Waals surface area contributed by atoms with E-state index < -0.39 is 5.41 Å². The lowest BCUT2D eigenvalue weighted by Gasteiger charge is -2.47. The van der Waals surface area contributed by atoms with E-state index in [0.717, 1.165) is 11.1 Å². The number of carbonyl (C=O) groups is 1. The van der Waals surface area contributed by atoms with Crippen LogP contribution in [0.3, 0.4) is 0 Å². The van der Waals surface area contributed by atoms with E-state index in [9.17, 15) is 4.79 Å². The molecule has 1 fully saturated rings. The number of nitrogens with one attached hydrogen (secondary N) is 1. The van der Waals surface area contributed by atoms with E-state index >= 15 is 0 Å². The second-order valence-corrected chi connectivity index (χ2v) is 4.89. The summed E-state index contributed by atoms with van der Waals surface area (Å²) in [5.41, 5.74) is 1.77. The number of carbonyl (C=O) groups excluding carboxylic acids is 1. The fraction of sp³-hybridized carbons (Fsp3) is 0.188. The molecule has 0 radical (unpaired) electrons. The van der Waals surface area contributed by atoms with Crippen molar-refractivity contribution < 1.29 is 4.79 Å². The topological polar surface area (TPSA) is 29.1 Å². The average molecular weight is 237 g/mol. The van der Waals surface area contributed by atoms with Crippen LogP contribution in [-0.2, 0) is 10.2 Å². The van der Waals surface area contributed by atoms with E-state index in [1.54, 1.807) is 0 Å². The summed E-state index contributed by atoms with van der Waals surface area (Å²) in [6, 6.07) is 20.2. The summed E-state index contributed by atoms with van der Waals surface area (Å²) < 4.78 is 0. The summed E-state index contributed by atoms with van der Waals surface area (Å²) in [6.07, 6.45) is 0. The van der Waals surface area contributed by atoms with E-state index in [1.807, 2.05) is 55.5 Å². The number of β-lactam (4-membered cyclic amide) rings is 1. The number of hydrogen-bond donors (Lipinski definition) is 1. The predicted octanol–water partition coefficient (Wildman–Crippen LogP) is 2.82. The minimum atomic E-state index is -0.456. The van der Waals surface area contributed by atoms with Gasteiger partial charge in [0.15, 0.2) is 0 Å². The summed E-state index contributed by atoms with van der Waals surface area (Å²) in [6.45, 7) is 2.01. The maximum absolute atomic E-state index is 12.0. The van der Waals surface area contributed by atoms with Crippen molar-refractivity contribution in [1.82, 2.24) is 5.32 Å². The Labute approximate surface area is 107 Å². The van der Waals surface area contributed by atoms with Gasteiger partial charge in [-0.15, -0.1) is 0 Å². The third-order valence-electron chi connectivity index (χ3n) is 3.83. The zero-order chi connectivity index (χ0) is 12.6. The SMILES string of the molecule is C[C@@]1(c2ccccc2)C(=O)N[C@@H]1c1ccccc1. The molecular weight excluding hydrogens is 222 g/mol. The molecule has 0 saturated carbocycles. The molecule has 1 saturated heterocycles. The van der Waals surface area contributed by atoms with Crippen LogP contribution < -0.4 is 5.32 Å². The van der Waals surface area contributed by atoms with Crippen molar-refractivity contribution in [2.24, 2.45) is 0 Å². The summed E-state index contributed by atoms with van der Waals surface area (Å²) in [7, 11) is 0. The maximum atomic E-state index is 12.0. The van der Waals surface area contributed by atoms with Crippen LogP contribution in [0, 0.1) is 0 Å². The quantitative estimate of drug-likeness (QED) is 0.799. The molecule has 1 N–H and O–H groups in total. The van der Waals surface area contributed by atoms with E-state index in [-0.39, 0.29) is 11.9 Å². The van der Waals surface area contributed by atoms with Gasteiger partial charge in [-0.2, -0.15) is 0 Å². The normalized spacial score (nSPS) is 26.3. The molecule has 90 valence electrons. The molecule has 2 aromatic rings.